The van der Waals surface area contributed by atoms with Crippen LogP contribution in [0.4, 0.5) is 4.79 Å². The summed E-state index contributed by atoms with van der Waals surface area (Å²) in [5, 5.41) is 1.15. The topological polar surface area (TPSA) is 60.8 Å². The van der Waals surface area contributed by atoms with Crippen molar-refractivity contribution in [3.8, 4) is 11.5 Å². The molecule has 0 saturated carbocycles. The fraction of sp³-hybridized carbons (Fsp3) is 0.182. The van der Waals surface area contributed by atoms with Crippen LogP contribution < -0.4 is 9.47 Å². The lowest BCUT2D eigenvalue weighted by atomic mass is 10.1. The van der Waals surface area contributed by atoms with E-state index in [0.717, 1.165) is 34.8 Å². The van der Waals surface area contributed by atoms with Crippen molar-refractivity contribution in [3.05, 3.63) is 63.6 Å². The molecule has 2 aromatic carbocycles. The monoisotopic (exact) mass is 440 g/mol. The number of thioether (sulfide) groups is 1. The summed E-state index contributed by atoms with van der Waals surface area (Å²) in [4.78, 5) is 27.2. The zero-order valence-corrected chi connectivity index (χ0v) is 17.6. The van der Waals surface area contributed by atoms with Gasteiger partial charge in [0, 0.05) is 40.3 Å². The number of aromatic nitrogens is 1. The molecule has 30 heavy (non-hydrogen) atoms. The Morgan fingerprint density at radius 3 is 2.73 bits per heavy atom. The highest BCUT2D eigenvalue weighted by Gasteiger charge is 2.36. The first kappa shape index (κ1) is 19.1. The summed E-state index contributed by atoms with van der Waals surface area (Å²) in [6.07, 6.45) is 3.80. The Bertz CT molecular complexity index is 1230. The van der Waals surface area contributed by atoms with Gasteiger partial charge in [0.25, 0.3) is 11.1 Å². The number of nitrogens with zero attached hydrogens (tertiary/aromatic N) is 2. The number of fused-ring (bicyclic) bond motifs is 2. The van der Waals surface area contributed by atoms with E-state index in [-0.39, 0.29) is 24.5 Å². The zero-order valence-electron chi connectivity index (χ0n) is 16.1. The van der Waals surface area contributed by atoms with Crippen molar-refractivity contribution in [2.24, 2.45) is 0 Å². The summed E-state index contributed by atoms with van der Waals surface area (Å²) in [6, 6.07) is 11.4. The zero-order chi connectivity index (χ0) is 20.8. The van der Waals surface area contributed by atoms with Crippen LogP contribution in [0, 0.1) is 0 Å². The Morgan fingerprint density at radius 1 is 1.17 bits per heavy atom. The van der Waals surface area contributed by atoms with Crippen molar-refractivity contribution in [1.29, 1.82) is 0 Å². The maximum atomic E-state index is 13.0. The number of aryl methyl sites for hydroxylation is 1. The number of halogens is 1. The molecule has 0 unspecified atom stereocenters. The molecule has 0 aliphatic carbocycles. The number of hydrogen-bond donors (Lipinski definition) is 0. The van der Waals surface area contributed by atoms with Gasteiger partial charge in [0.05, 0.1) is 11.4 Å². The number of imide groups is 1. The van der Waals surface area contributed by atoms with Crippen LogP contribution in [0.5, 0.6) is 11.5 Å². The lowest BCUT2D eigenvalue weighted by Gasteiger charge is -2.14. The maximum absolute atomic E-state index is 13.0. The molecule has 0 N–H and O–H groups in total. The largest absolute Gasteiger partial charge is 0.454 e. The van der Waals surface area contributed by atoms with Gasteiger partial charge in [-0.05, 0) is 42.5 Å². The Hall–Kier alpha value is -2.90. The Labute approximate surface area is 182 Å². The van der Waals surface area contributed by atoms with Crippen LogP contribution in [0.1, 0.15) is 18.1 Å². The molecule has 1 aromatic heterocycles. The van der Waals surface area contributed by atoms with Gasteiger partial charge in [0.15, 0.2) is 11.5 Å². The van der Waals surface area contributed by atoms with Crippen molar-refractivity contribution in [2.45, 2.75) is 20.0 Å². The summed E-state index contributed by atoms with van der Waals surface area (Å²) >= 11 is 7.27. The molecule has 5 rings (SSSR count). The molecule has 8 heteroatoms. The quantitative estimate of drug-likeness (QED) is 0.516. The highest BCUT2D eigenvalue weighted by Crippen LogP contribution is 2.39. The minimum atomic E-state index is -0.327. The maximum Gasteiger partial charge on any atom is 0.293 e. The van der Waals surface area contributed by atoms with Crippen LogP contribution in [-0.2, 0) is 17.9 Å². The van der Waals surface area contributed by atoms with Gasteiger partial charge in [-0.1, -0.05) is 29.8 Å². The first-order valence-electron chi connectivity index (χ1n) is 9.46. The smallest absolute Gasteiger partial charge is 0.293 e. The third kappa shape index (κ3) is 3.14. The van der Waals surface area contributed by atoms with E-state index in [2.05, 4.69) is 11.5 Å². The van der Waals surface area contributed by atoms with Crippen LogP contribution in [0.25, 0.3) is 17.0 Å². The molecule has 2 aliphatic rings. The molecule has 6 nitrogen and oxygen atoms in total. The molecule has 0 bridgehead atoms. The average Bonchev–Trinajstić information content (AvgIpc) is 3.41. The number of carbonyl (C=O) groups is 2. The highest BCUT2D eigenvalue weighted by molar-refractivity contribution is 8.18. The van der Waals surface area contributed by atoms with Crippen LogP contribution in [0.15, 0.2) is 47.5 Å². The number of rotatable bonds is 4. The van der Waals surface area contributed by atoms with Gasteiger partial charge in [0.1, 0.15) is 0 Å². The fourth-order valence-electron chi connectivity index (χ4n) is 3.68. The molecule has 3 aromatic rings. The molecular weight excluding hydrogens is 424 g/mol. The summed E-state index contributed by atoms with van der Waals surface area (Å²) in [5.74, 6) is 0.793. The van der Waals surface area contributed by atoms with E-state index in [0.29, 0.717) is 27.0 Å². The van der Waals surface area contributed by atoms with E-state index in [1.807, 2.05) is 30.5 Å². The van der Waals surface area contributed by atoms with E-state index in [1.54, 1.807) is 18.2 Å². The predicted molar refractivity (Wildman–Crippen MR) is 117 cm³/mol. The summed E-state index contributed by atoms with van der Waals surface area (Å²) in [6.45, 7) is 3.09. The van der Waals surface area contributed by atoms with Crippen LogP contribution in [-0.4, -0.2) is 27.4 Å². The summed E-state index contributed by atoms with van der Waals surface area (Å²) in [7, 11) is 0. The second-order valence-corrected chi connectivity index (χ2v) is 8.35. The second-order valence-electron chi connectivity index (χ2n) is 6.95. The van der Waals surface area contributed by atoms with Crippen molar-refractivity contribution >= 4 is 51.5 Å². The van der Waals surface area contributed by atoms with E-state index < -0.39 is 0 Å². The molecule has 3 heterocycles. The molecule has 2 aliphatic heterocycles. The van der Waals surface area contributed by atoms with Gasteiger partial charge in [-0.3, -0.25) is 14.5 Å². The first-order chi connectivity index (χ1) is 14.5. The number of para-hydroxylation sites is 1. The van der Waals surface area contributed by atoms with E-state index >= 15 is 0 Å². The number of benzene rings is 2. The van der Waals surface area contributed by atoms with E-state index in [9.17, 15) is 9.59 Å². The third-order valence-electron chi connectivity index (χ3n) is 5.19. The van der Waals surface area contributed by atoms with Gasteiger partial charge in [-0.25, -0.2) is 0 Å². The number of hydrogen-bond acceptors (Lipinski definition) is 5. The SMILES string of the molecule is CCn1cc(/C=C2\SC(=O)N(Cc3cc4c(cc3Cl)OCO4)C2=O)c2ccccc21. The number of amides is 2. The molecular formula is C22H17ClN2O4S. The van der Waals surface area contributed by atoms with Crippen LogP contribution >= 0.6 is 23.4 Å². The molecule has 0 atom stereocenters. The number of carbonyl (C=O) groups excluding carboxylic acids is 2. The predicted octanol–water partition coefficient (Wildman–Crippen LogP) is 5.28. The summed E-state index contributed by atoms with van der Waals surface area (Å²) in [5.41, 5.74) is 2.64. The van der Waals surface area contributed by atoms with Gasteiger partial charge in [-0.2, -0.15) is 0 Å². The first-order valence-corrected chi connectivity index (χ1v) is 10.7. The minimum Gasteiger partial charge on any atom is -0.454 e. The normalized spacial score (nSPS) is 17.0. The van der Waals surface area contributed by atoms with Crippen molar-refractivity contribution in [3.63, 3.8) is 0 Å². The van der Waals surface area contributed by atoms with Gasteiger partial charge >= 0.3 is 0 Å². The van der Waals surface area contributed by atoms with Crippen molar-refractivity contribution in [1.82, 2.24) is 9.47 Å². The van der Waals surface area contributed by atoms with Crippen LogP contribution in [0.3, 0.4) is 0 Å². The van der Waals surface area contributed by atoms with Gasteiger partial charge < -0.3 is 14.0 Å². The Morgan fingerprint density at radius 2 is 1.93 bits per heavy atom. The van der Waals surface area contributed by atoms with E-state index in [1.165, 1.54) is 4.90 Å². The molecule has 2 amide bonds. The third-order valence-corrected chi connectivity index (χ3v) is 6.45. The Kier molecular flexibility index (Phi) is 4.72. The van der Waals surface area contributed by atoms with Crippen LogP contribution in [0.2, 0.25) is 5.02 Å². The molecule has 1 saturated heterocycles. The van der Waals surface area contributed by atoms with E-state index in [4.69, 9.17) is 21.1 Å². The fourth-order valence-corrected chi connectivity index (χ4v) is 4.72. The van der Waals surface area contributed by atoms with Gasteiger partial charge in [0.2, 0.25) is 6.79 Å². The van der Waals surface area contributed by atoms with Gasteiger partial charge in [-0.15, -0.1) is 0 Å². The second kappa shape index (κ2) is 7.41. The molecule has 0 spiro atoms. The number of ether oxygens (including phenoxy) is 2. The Balaban J connectivity index is 1.45. The molecule has 152 valence electrons. The summed E-state index contributed by atoms with van der Waals surface area (Å²) < 4.78 is 12.8. The van der Waals surface area contributed by atoms with Crippen molar-refractivity contribution in [2.75, 3.05) is 6.79 Å². The lowest BCUT2D eigenvalue weighted by molar-refractivity contribution is -0.123. The standard InChI is InChI=1S/C22H17ClN2O4S/c1-2-24-10-13(15-5-3-4-6-17(15)24)8-20-21(26)25(22(27)30-20)11-14-7-18-19(9-16(14)23)29-12-28-18/h3-10H,2,11-12H2,1H3/b20-8-. The average molecular weight is 441 g/mol. The molecule has 0 radical (unpaired) electrons. The highest BCUT2D eigenvalue weighted by atomic mass is 35.5. The molecule has 1 fully saturated rings. The minimum absolute atomic E-state index is 0.0776. The lowest BCUT2D eigenvalue weighted by Crippen LogP contribution is -2.27. The van der Waals surface area contributed by atoms with Crippen molar-refractivity contribution < 1.29 is 19.1 Å².